The summed E-state index contributed by atoms with van der Waals surface area (Å²) in [6.07, 6.45) is 7.45. The lowest BCUT2D eigenvalue weighted by atomic mass is 10.1. The zero-order chi connectivity index (χ0) is 19.8. The predicted molar refractivity (Wildman–Crippen MR) is 108 cm³/mol. The van der Waals surface area contributed by atoms with E-state index in [0.717, 1.165) is 43.9 Å². The normalized spacial score (nSPS) is 21.7. The SMILES string of the molecule is Cc1cccc(-n2cc([C@H]3CC[C@H]4CN(c5nccnc5C#N)CCN43)nn2)c1. The molecule has 0 spiro atoms. The van der Waals surface area contributed by atoms with E-state index in [1.54, 1.807) is 12.4 Å². The van der Waals surface area contributed by atoms with Gasteiger partial charge < -0.3 is 4.90 Å². The van der Waals surface area contributed by atoms with Crippen LogP contribution in [0.1, 0.15) is 35.8 Å². The molecule has 1 aromatic carbocycles. The molecule has 2 aromatic heterocycles. The first-order valence-electron chi connectivity index (χ1n) is 9.94. The van der Waals surface area contributed by atoms with Gasteiger partial charge in [0.05, 0.1) is 17.9 Å². The summed E-state index contributed by atoms with van der Waals surface area (Å²) in [5.74, 6) is 0.698. The molecule has 8 nitrogen and oxygen atoms in total. The van der Waals surface area contributed by atoms with Gasteiger partial charge >= 0.3 is 0 Å². The highest BCUT2D eigenvalue weighted by Gasteiger charge is 2.40. The molecule has 0 amide bonds. The number of fused-ring (bicyclic) bond motifs is 1. The maximum atomic E-state index is 9.33. The molecule has 2 aliphatic rings. The molecule has 4 heterocycles. The Morgan fingerprint density at radius 1 is 1.14 bits per heavy atom. The van der Waals surface area contributed by atoms with E-state index in [4.69, 9.17) is 0 Å². The van der Waals surface area contributed by atoms with Crippen molar-refractivity contribution in [3.05, 3.63) is 59.8 Å². The van der Waals surface area contributed by atoms with Crippen LogP contribution in [0.3, 0.4) is 0 Å². The first-order chi connectivity index (χ1) is 14.2. The molecule has 146 valence electrons. The summed E-state index contributed by atoms with van der Waals surface area (Å²) in [7, 11) is 0. The number of hydrogen-bond acceptors (Lipinski definition) is 7. The summed E-state index contributed by atoms with van der Waals surface area (Å²) >= 11 is 0. The summed E-state index contributed by atoms with van der Waals surface area (Å²) < 4.78 is 1.87. The summed E-state index contributed by atoms with van der Waals surface area (Å²) in [4.78, 5) is 13.3. The van der Waals surface area contributed by atoms with Crippen molar-refractivity contribution >= 4 is 5.82 Å². The van der Waals surface area contributed by atoms with E-state index in [0.29, 0.717) is 17.6 Å². The zero-order valence-electron chi connectivity index (χ0n) is 16.3. The Morgan fingerprint density at radius 3 is 2.90 bits per heavy atom. The van der Waals surface area contributed by atoms with Crippen molar-refractivity contribution in [1.29, 1.82) is 5.26 Å². The Balaban J connectivity index is 1.33. The fraction of sp³-hybridized carbons (Fsp3) is 0.381. The number of rotatable bonds is 3. The molecule has 29 heavy (non-hydrogen) atoms. The summed E-state index contributed by atoms with van der Waals surface area (Å²) in [5.41, 5.74) is 3.67. The van der Waals surface area contributed by atoms with E-state index >= 15 is 0 Å². The molecule has 0 saturated carbocycles. The molecule has 5 rings (SSSR count). The first-order valence-corrected chi connectivity index (χ1v) is 9.94. The molecule has 0 bridgehead atoms. The van der Waals surface area contributed by atoms with Crippen molar-refractivity contribution in [2.75, 3.05) is 24.5 Å². The highest BCUT2D eigenvalue weighted by Crippen LogP contribution is 2.37. The Hall–Kier alpha value is -3.31. The molecule has 2 fully saturated rings. The standard InChI is InChI=1S/C21H22N8/c1-15-3-2-4-16(11-15)29-14-19(25-26-29)20-6-5-17-13-27(9-10-28(17)20)21-18(12-22)23-7-8-24-21/h2-4,7-8,11,14,17,20H,5-6,9-10,13H2,1H3/t17-,20+/m0/s1. The van der Waals surface area contributed by atoms with Crippen LogP contribution in [-0.2, 0) is 0 Å². The van der Waals surface area contributed by atoms with Crippen molar-refractivity contribution in [2.45, 2.75) is 31.8 Å². The number of piperazine rings is 1. The van der Waals surface area contributed by atoms with Gasteiger partial charge in [-0.15, -0.1) is 5.10 Å². The summed E-state index contributed by atoms with van der Waals surface area (Å²) in [6, 6.07) is 11.2. The maximum absolute atomic E-state index is 9.33. The molecule has 2 atom stereocenters. The highest BCUT2D eigenvalue weighted by molar-refractivity contribution is 5.50. The number of benzene rings is 1. The molecule has 8 heteroatoms. The minimum absolute atomic E-state index is 0.290. The van der Waals surface area contributed by atoms with Crippen LogP contribution in [-0.4, -0.2) is 55.5 Å². The smallest absolute Gasteiger partial charge is 0.183 e. The van der Waals surface area contributed by atoms with Gasteiger partial charge in [-0.05, 0) is 37.5 Å². The minimum atomic E-state index is 0.290. The van der Waals surface area contributed by atoms with Crippen LogP contribution in [0.4, 0.5) is 5.82 Å². The van der Waals surface area contributed by atoms with E-state index in [1.807, 2.05) is 10.7 Å². The van der Waals surface area contributed by atoms with E-state index < -0.39 is 0 Å². The lowest BCUT2D eigenvalue weighted by Gasteiger charge is -2.40. The van der Waals surface area contributed by atoms with E-state index in [-0.39, 0.29) is 6.04 Å². The fourth-order valence-corrected chi connectivity index (χ4v) is 4.53. The minimum Gasteiger partial charge on any atom is -0.351 e. The molecule has 3 aromatic rings. The molecule has 2 saturated heterocycles. The van der Waals surface area contributed by atoms with Gasteiger partial charge in [-0.1, -0.05) is 17.3 Å². The predicted octanol–water partition coefficient (Wildman–Crippen LogP) is 2.26. The van der Waals surface area contributed by atoms with Crippen LogP contribution in [0.2, 0.25) is 0 Å². The Bertz CT molecular complexity index is 1070. The summed E-state index contributed by atoms with van der Waals surface area (Å²) in [6.45, 7) is 4.67. The maximum Gasteiger partial charge on any atom is 0.183 e. The van der Waals surface area contributed by atoms with E-state index in [1.165, 1.54) is 5.56 Å². The third kappa shape index (κ3) is 3.23. The van der Waals surface area contributed by atoms with Crippen molar-refractivity contribution in [2.24, 2.45) is 0 Å². The number of nitrogens with zero attached hydrogens (tertiary/aromatic N) is 8. The largest absolute Gasteiger partial charge is 0.351 e. The number of hydrogen-bond donors (Lipinski definition) is 0. The number of nitriles is 1. The van der Waals surface area contributed by atoms with Gasteiger partial charge in [0.1, 0.15) is 11.8 Å². The molecular weight excluding hydrogens is 364 g/mol. The number of aryl methyl sites for hydroxylation is 1. The van der Waals surface area contributed by atoms with Gasteiger partial charge in [0.25, 0.3) is 0 Å². The van der Waals surface area contributed by atoms with Gasteiger partial charge in [-0.2, -0.15) is 5.26 Å². The van der Waals surface area contributed by atoms with Gasteiger partial charge in [-0.25, -0.2) is 14.6 Å². The second kappa shape index (κ2) is 7.26. The molecule has 0 unspecified atom stereocenters. The molecule has 2 aliphatic heterocycles. The number of aromatic nitrogens is 5. The van der Waals surface area contributed by atoms with Gasteiger partial charge in [-0.3, -0.25) is 4.90 Å². The third-order valence-corrected chi connectivity index (χ3v) is 5.91. The Morgan fingerprint density at radius 2 is 2.03 bits per heavy atom. The molecular formula is C21H22N8. The lowest BCUT2D eigenvalue weighted by molar-refractivity contribution is 0.173. The second-order valence-electron chi connectivity index (χ2n) is 7.70. The van der Waals surface area contributed by atoms with Gasteiger partial charge in [0.2, 0.25) is 0 Å². The summed E-state index contributed by atoms with van der Waals surface area (Å²) in [5, 5.41) is 18.2. The lowest BCUT2D eigenvalue weighted by Crippen LogP contribution is -2.51. The molecule has 0 N–H and O–H groups in total. The third-order valence-electron chi connectivity index (χ3n) is 5.91. The molecule has 0 aliphatic carbocycles. The van der Waals surface area contributed by atoms with E-state index in [2.05, 4.69) is 67.5 Å². The first kappa shape index (κ1) is 17.8. The van der Waals surface area contributed by atoms with Crippen LogP contribution >= 0.6 is 0 Å². The van der Waals surface area contributed by atoms with Crippen molar-refractivity contribution in [3.8, 4) is 11.8 Å². The average molecular weight is 386 g/mol. The van der Waals surface area contributed by atoms with Crippen LogP contribution in [0, 0.1) is 18.3 Å². The topological polar surface area (TPSA) is 86.8 Å². The van der Waals surface area contributed by atoms with Crippen LogP contribution in [0.15, 0.2) is 42.9 Å². The Labute approximate surface area is 169 Å². The van der Waals surface area contributed by atoms with Gasteiger partial charge in [0.15, 0.2) is 11.5 Å². The Kier molecular flexibility index (Phi) is 4.45. The average Bonchev–Trinajstić information content (AvgIpc) is 3.40. The molecule has 0 radical (unpaired) electrons. The zero-order valence-corrected chi connectivity index (χ0v) is 16.3. The van der Waals surface area contributed by atoms with Crippen molar-refractivity contribution in [1.82, 2.24) is 29.9 Å². The van der Waals surface area contributed by atoms with Crippen LogP contribution < -0.4 is 4.90 Å². The van der Waals surface area contributed by atoms with Crippen molar-refractivity contribution in [3.63, 3.8) is 0 Å². The quantitative estimate of drug-likeness (QED) is 0.682. The van der Waals surface area contributed by atoms with Crippen LogP contribution in [0.25, 0.3) is 5.69 Å². The second-order valence-corrected chi connectivity index (χ2v) is 7.70. The van der Waals surface area contributed by atoms with E-state index in [9.17, 15) is 5.26 Å². The number of anilines is 1. The monoisotopic (exact) mass is 386 g/mol. The van der Waals surface area contributed by atoms with Gasteiger partial charge in [0, 0.05) is 38.1 Å². The van der Waals surface area contributed by atoms with Crippen molar-refractivity contribution < 1.29 is 0 Å². The van der Waals surface area contributed by atoms with Crippen LogP contribution in [0.5, 0.6) is 0 Å². The highest BCUT2D eigenvalue weighted by atomic mass is 15.4. The fourth-order valence-electron chi connectivity index (χ4n) is 4.53.